The monoisotopic (exact) mass is 209 g/mol. The van der Waals surface area contributed by atoms with Crippen LogP contribution in [-0.4, -0.2) is 14.8 Å². The van der Waals surface area contributed by atoms with E-state index in [1.165, 1.54) is 10.8 Å². The number of nitrogens with zero attached hydrogens (tertiary/aromatic N) is 3. The largest absolute Gasteiger partial charge is 0.285 e. The van der Waals surface area contributed by atoms with Gasteiger partial charge in [-0.3, -0.25) is 4.57 Å². The molecule has 0 aliphatic carbocycles. The molecule has 0 radical (unpaired) electrons. The molecule has 0 saturated heterocycles. The maximum atomic E-state index is 4.01. The maximum absolute atomic E-state index is 4.01. The predicted molar refractivity (Wildman–Crippen MR) is 63.6 cm³/mol. The summed E-state index contributed by atoms with van der Waals surface area (Å²) in [5.41, 5.74) is 1.13. The Morgan fingerprint density at radius 1 is 1.00 bits per heavy atom. The molecule has 1 heterocycles. The molecular weight excluding hydrogens is 198 g/mol. The van der Waals surface area contributed by atoms with Crippen molar-refractivity contribution in [1.29, 1.82) is 0 Å². The van der Waals surface area contributed by atoms with E-state index in [0.717, 1.165) is 11.5 Å². The highest BCUT2D eigenvalue weighted by atomic mass is 15.3. The number of hydrogen-bond acceptors (Lipinski definition) is 2. The summed E-state index contributed by atoms with van der Waals surface area (Å²) < 4.78 is 2.00. The van der Waals surface area contributed by atoms with E-state index < -0.39 is 0 Å². The topological polar surface area (TPSA) is 30.7 Å². The third-order valence-corrected chi connectivity index (χ3v) is 2.74. The first-order valence-corrected chi connectivity index (χ1v) is 5.21. The van der Waals surface area contributed by atoms with Gasteiger partial charge in [-0.25, -0.2) is 0 Å². The van der Waals surface area contributed by atoms with E-state index in [-0.39, 0.29) is 0 Å². The van der Waals surface area contributed by atoms with Crippen LogP contribution in [0, 0.1) is 6.92 Å². The summed E-state index contributed by atoms with van der Waals surface area (Å²) in [5.74, 6) is 0.899. The first-order chi connectivity index (χ1) is 7.86. The van der Waals surface area contributed by atoms with Crippen molar-refractivity contribution in [3.63, 3.8) is 0 Å². The molecule has 0 spiro atoms. The third-order valence-electron chi connectivity index (χ3n) is 2.74. The van der Waals surface area contributed by atoms with Crippen molar-refractivity contribution in [2.45, 2.75) is 6.92 Å². The van der Waals surface area contributed by atoms with E-state index in [1.807, 2.05) is 23.6 Å². The van der Waals surface area contributed by atoms with Gasteiger partial charge in [0.2, 0.25) is 0 Å². The molecule has 0 aliphatic heterocycles. The smallest absolute Gasteiger partial charge is 0.134 e. The summed E-state index contributed by atoms with van der Waals surface area (Å²) in [7, 11) is 0. The van der Waals surface area contributed by atoms with Gasteiger partial charge in [0.1, 0.15) is 12.2 Å². The van der Waals surface area contributed by atoms with Gasteiger partial charge in [0.05, 0.1) is 5.69 Å². The molecule has 0 saturated carbocycles. The standard InChI is InChI=1S/C13H11N3/c1-10-15-14-9-16(10)13-8-4-6-11-5-2-3-7-12(11)13/h2-9H,1H3. The molecular formula is C13H11N3. The second kappa shape index (κ2) is 3.45. The lowest BCUT2D eigenvalue weighted by molar-refractivity contribution is 0.976. The molecule has 0 fully saturated rings. The van der Waals surface area contributed by atoms with Gasteiger partial charge in [-0.15, -0.1) is 10.2 Å². The van der Waals surface area contributed by atoms with Crippen molar-refractivity contribution in [3.8, 4) is 5.69 Å². The molecule has 3 heteroatoms. The average Bonchev–Trinajstić information content (AvgIpc) is 2.75. The molecule has 0 atom stereocenters. The summed E-state index contributed by atoms with van der Waals surface area (Å²) in [6.07, 6.45) is 1.75. The number of fused-ring (bicyclic) bond motifs is 1. The Hall–Kier alpha value is -2.16. The molecule has 3 nitrogen and oxygen atoms in total. The van der Waals surface area contributed by atoms with Gasteiger partial charge in [0.15, 0.2) is 0 Å². The van der Waals surface area contributed by atoms with Crippen LogP contribution in [0.4, 0.5) is 0 Å². The van der Waals surface area contributed by atoms with Crippen LogP contribution in [-0.2, 0) is 0 Å². The van der Waals surface area contributed by atoms with E-state index in [4.69, 9.17) is 0 Å². The Kier molecular flexibility index (Phi) is 1.96. The fourth-order valence-corrected chi connectivity index (χ4v) is 1.95. The van der Waals surface area contributed by atoms with E-state index >= 15 is 0 Å². The van der Waals surface area contributed by atoms with Crippen molar-refractivity contribution in [3.05, 3.63) is 54.6 Å². The Balaban J connectivity index is 2.36. The summed E-state index contributed by atoms with van der Waals surface area (Å²) in [6.45, 7) is 1.95. The minimum absolute atomic E-state index is 0.899. The molecule has 0 bridgehead atoms. The molecule has 78 valence electrons. The van der Waals surface area contributed by atoms with Gasteiger partial charge in [-0.2, -0.15) is 0 Å². The SMILES string of the molecule is Cc1nncn1-c1cccc2ccccc12. The average molecular weight is 209 g/mol. The van der Waals surface area contributed by atoms with Crippen molar-refractivity contribution in [2.75, 3.05) is 0 Å². The normalized spacial score (nSPS) is 10.8. The Labute approximate surface area is 93.4 Å². The number of rotatable bonds is 1. The van der Waals surface area contributed by atoms with Crippen LogP contribution in [0.5, 0.6) is 0 Å². The molecule has 3 aromatic rings. The highest BCUT2D eigenvalue weighted by Crippen LogP contribution is 2.22. The van der Waals surface area contributed by atoms with E-state index in [9.17, 15) is 0 Å². The lowest BCUT2D eigenvalue weighted by Gasteiger charge is -2.07. The second-order valence-electron chi connectivity index (χ2n) is 3.75. The number of benzene rings is 2. The quantitative estimate of drug-likeness (QED) is 0.617. The second-order valence-corrected chi connectivity index (χ2v) is 3.75. The molecule has 0 N–H and O–H groups in total. The van der Waals surface area contributed by atoms with Crippen LogP contribution in [0.1, 0.15) is 5.82 Å². The third kappa shape index (κ3) is 1.29. The zero-order chi connectivity index (χ0) is 11.0. The lowest BCUT2D eigenvalue weighted by Crippen LogP contribution is -1.96. The number of aromatic nitrogens is 3. The molecule has 3 rings (SSSR count). The van der Waals surface area contributed by atoms with E-state index in [2.05, 4.69) is 40.5 Å². The Morgan fingerprint density at radius 2 is 1.81 bits per heavy atom. The predicted octanol–water partition coefficient (Wildman–Crippen LogP) is 2.73. The lowest BCUT2D eigenvalue weighted by atomic mass is 10.1. The highest BCUT2D eigenvalue weighted by Gasteiger charge is 2.04. The molecule has 16 heavy (non-hydrogen) atoms. The van der Waals surface area contributed by atoms with Crippen molar-refractivity contribution in [1.82, 2.24) is 14.8 Å². The van der Waals surface area contributed by atoms with Gasteiger partial charge >= 0.3 is 0 Å². The van der Waals surface area contributed by atoms with Crippen molar-refractivity contribution >= 4 is 10.8 Å². The fourth-order valence-electron chi connectivity index (χ4n) is 1.95. The van der Waals surface area contributed by atoms with Gasteiger partial charge in [-0.05, 0) is 18.4 Å². The number of aryl methyl sites for hydroxylation is 1. The van der Waals surface area contributed by atoms with Crippen LogP contribution in [0.3, 0.4) is 0 Å². The highest BCUT2D eigenvalue weighted by molar-refractivity contribution is 5.90. The van der Waals surface area contributed by atoms with E-state index in [0.29, 0.717) is 0 Å². The minimum atomic E-state index is 0.899. The van der Waals surface area contributed by atoms with Crippen LogP contribution in [0.15, 0.2) is 48.8 Å². The van der Waals surface area contributed by atoms with Gasteiger partial charge in [0, 0.05) is 5.39 Å². The summed E-state index contributed by atoms with van der Waals surface area (Å²) in [4.78, 5) is 0. The zero-order valence-electron chi connectivity index (χ0n) is 8.96. The number of hydrogen-bond donors (Lipinski definition) is 0. The molecule has 0 unspecified atom stereocenters. The summed E-state index contributed by atoms with van der Waals surface area (Å²) in [6, 6.07) is 14.6. The van der Waals surface area contributed by atoms with Crippen LogP contribution < -0.4 is 0 Å². The summed E-state index contributed by atoms with van der Waals surface area (Å²) in [5, 5.41) is 10.4. The van der Waals surface area contributed by atoms with Gasteiger partial charge < -0.3 is 0 Å². The first kappa shape index (κ1) is 9.09. The van der Waals surface area contributed by atoms with Gasteiger partial charge in [-0.1, -0.05) is 36.4 Å². The zero-order valence-corrected chi connectivity index (χ0v) is 8.96. The van der Waals surface area contributed by atoms with Crippen LogP contribution >= 0.6 is 0 Å². The first-order valence-electron chi connectivity index (χ1n) is 5.21. The van der Waals surface area contributed by atoms with Crippen LogP contribution in [0.2, 0.25) is 0 Å². The molecule has 0 aliphatic rings. The molecule has 2 aromatic carbocycles. The maximum Gasteiger partial charge on any atom is 0.134 e. The van der Waals surface area contributed by atoms with Crippen molar-refractivity contribution in [2.24, 2.45) is 0 Å². The summed E-state index contributed by atoms with van der Waals surface area (Å²) >= 11 is 0. The molecule has 0 amide bonds. The van der Waals surface area contributed by atoms with Crippen LogP contribution in [0.25, 0.3) is 16.5 Å². The molecule has 1 aromatic heterocycles. The van der Waals surface area contributed by atoms with Crippen molar-refractivity contribution < 1.29 is 0 Å². The Morgan fingerprint density at radius 3 is 2.62 bits per heavy atom. The fraction of sp³-hybridized carbons (Fsp3) is 0.0769. The Bertz CT molecular complexity index is 635. The van der Waals surface area contributed by atoms with E-state index in [1.54, 1.807) is 6.33 Å². The van der Waals surface area contributed by atoms with Gasteiger partial charge in [0.25, 0.3) is 0 Å². The minimum Gasteiger partial charge on any atom is -0.285 e.